The predicted octanol–water partition coefficient (Wildman–Crippen LogP) is 2.04. The minimum Gasteiger partial charge on any atom is -0.490 e. The molecule has 1 aromatic rings. The van der Waals surface area contributed by atoms with Gasteiger partial charge in [-0.2, -0.15) is 5.48 Å². The molecule has 1 atom stereocenters. The Hall–Kier alpha value is -0.620. The van der Waals surface area contributed by atoms with Gasteiger partial charge in [0.2, 0.25) is 0 Å². The van der Waals surface area contributed by atoms with Crippen LogP contribution in [0.4, 0.5) is 0 Å². The Morgan fingerprint density at radius 1 is 1.47 bits per heavy atom. The lowest BCUT2D eigenvalue weighted by atomic mass is 10.2. The molecule has 0 aliphatic rings. The molecule has 0 saturated carbocycles. The van der Waals surface area contributed by atoms with Crippen LogP contribution in [0.25, 0.3) is 0 Å². The van der Waals surface area contributed by atoms with E-state index in [1.807, 2.05) is 32.0 Å². The van der Waals surface area contributed by atoms with Crippen LogP contribution in [0.1, 0.15) is 12.5 Å². The van der Waals surface area contributed by atoms with Crippen molar-refractivity contribution in [1.29, 1.82) is 0 Å². The van der Waals surface area contributed by atoms with Crippen LogP contribution in [0.3, 0.4) is 0 Å². The summed E-state index contributed by atoms with van der Waals surface area (Å²) in [5.41, 5.74) is 3.81. The van der Waals surface area contributed by atoms with E-state index in [-0.39, 0.29) is 6.61 Å². The third-order valence-corrected chi connectivity index (χ3v) is 2.70. The molecule has 0 aromatic heterocycles. The van der Waals surface area contributed by atoms with Crippen LogP contribution in [0, 0.1) is 6.92 Å². The van der Waals surface area contributed by atoms with Crippen LogP contribution in [0.15, 0.2) is 22.7 Å². The molecule has 1 unspecified atom stereocenters. The monoisotopic (exact) mass is 303 g/mol. The van der Waals surface area contributed by atoms with Gasteiger partial charge in [0.1, 0.15) is 18.5 Å². The topological polar surface area (TPSA) is 50.7 Å². The molecule has 0 bridgehead atoms. The number of nitrogens with one attached hydrogen (secondary N) is 1. The molecular weight excluding hydrogens is 286 g/mol. The van der Waals surface area contributed by atoms with Gasteiger partial charge in [-0.25, -0.2) is 0 Å². The molecule has 5 heteroatoms. The molecular formula is C12H18BrNO3. The van der Waals surface area contributed by atoms with Gasteiger partial charge in [-0.1, -0.05) is 6.07 Å². The zero-order valence-electron chi connectivity index (χ0n) is 10.1. The summed E-state index contributed by atoms with van der Waals surface area (Å²) in [6.45, 7) is 5.02. The number of benzene rings is 1. The lowest BCUT2D eigenvalue weighted by molar-refractivity contribution is 0.00942. The van der Waals surface area contributed by atoms with Gasteiger partial charge in [-0.05, 0) is 47.5 Å². The van der Waals surface area contributed by atoms with E-state index < -0.39 is 6.10 Å². The Balaban J connectivity index is 2.34. The molecule has 0 aliphatic heterocycles. The highest BCUT2D eigenvalue weighted by molar-refractivity contribution is 9.10. The fraction of sp³-hybridized carbons (Fsp3) is 0.500. The zero-order chi connectivity index (χ0) is 12.7. The smallest absolute Gasteiger partial charge is 0.133 e. The van der Waals surface area contributed by atoms with Crippen molar-refractivity contribution in [2.75, 3.05) is 19.8 Å². The van der Waals surface area contributed by atoms with E-state index in [9.17, 15) is 5.11 Å². The molecule has 0 spiro atoms. The lowest BCUT2D eigenvalue weighted by Crippen LogP contribution is -2.31. The minimum atomic E-state index is -0.602. The number of halogens is 1. The summed E-state index contributed by atoms with van der Waals surface area (Å²) in [5, 5.41) is 9.60. The average Bonchev–Trinajstić information content (AvgIpc) is 2.28. The van der Waals surface area contributed by atoms with Gasteiger partial charge in [0, 0.05) is 0 Å². The van der Waals surface area contributed by atoms with E-state index in [1.165, 1.54) is 0 Å². The first kappa shape index (κ1) is 14.4. The molecule has 0 radical (unpaired) electrons. The Bertz CT molecular complexity index is 347. The van der Waals surface area contributed by atoms with E-state index in [0.29, 0.717) is 13.2 Å². The average molecular weight is 304 g/mol. The first-order chi connectivity index (χ1) is 8.13. The van der Waals surface area contributed by atoms with E-state index in [1.54, 1.807) is 0 Å². The minimum absolute atomic E-state index is 0.224. The summed E-state index contributed by atoms with van der Waals surface area (Å²) < 4.78 is 6.38. The molecule has 17 heavy (non-hydrogen) atoms. The third-order valence-electron chi connectivity index (χ3n) is 2.08. The van der Waals surface area contributed by atoms with Crippen molar-refractivity contribution in [3.8, 4) is 5.75 Å². The van der Waals surface area contributed by atoms with Crippen molar-refractivity contribution in [2.45, 2.75) is 20.0 Å². The molecule has 0 heterocycles. The summed E-state index contributed by atoms with van der Waals surface area (Å²) in [6.07, 6.45) is -0.602. The second-order valence-corrected chi connectivity index (χ2v) is 4.53. The van der Waals surface area contributed by atoms with Crippen LogP contribution in [0.2, 0.25) is 0 Å². The predicted molar refractivity (Wildman–Crippen MR) is 70.0 cm³/mol. The third kappa shape index (κ3) is 5.50. The largest absolute Gasteiger partial charge is 0.490 e. The Morgan fingerprint density at radius 3 is 2.88 bits per heavy atom. The summed E-state index contributed by atoms with van der Waals surface area (Å²) in [6, 6.07) is 5.81. The number of hydrogen-bond donors (Lipinski definition) is 2. The van der Waals surface area contributed by atoms with Crippen molar-refractivity contribution in [2.24, 2.45) is 0 Å². The Kier molecular flexibility index (Phi) is 6.50. The molecule has 0 saturated heterocycles. The summed E-state index contributed by atoms with van der Waals surface area (Å²) in [7, 11) is 0. The number of ether oxygens (including phenoxy) is 1. The van der Waals surface area contributed by atoms with Crippen molar-refractivity contribution in [1.82, 2.24) is 5.48 Å². The van der Waals surface area contributed by atoms with E-state index in [4.69, 9.17) is 9.57 Å². The van der Waals surface area contributed by atoms with Crippen LogP contribution in [-0.4, -0.2) is 31.0 Å². The second-order valence-electron chi connectivity index (χ2n) is 3.68. The van der Waals surface area contributed by atoms with Gasteiger partial charge in [0.05, 0.1) is 17.6 Å². The van der Waals surface area contributed by atoms with Gasteiger partial charge in [-0.15, -0.1) is 0 Å². The number of hydrogen-bond acceptors (Lipinski definition) is 4. The fourth-order valence-electron chi connectivity index (χ4n) is 1.23. The number of aliphatic hydroxyl groups excluding tert-OH is 1. The van der Waals surface area contributed by atoms with E-state index in [0.717, 1.165) is 15.8 Å². The molecule has 0 amide bonds. The summed E-state index contributed by atoms with van der Waals surface area (Å²) in [4.78, 5) is 4.92. The zero-order valence-corrected chi connectivity index (χ0v) is 11.7. The highest BCUT2D eigenvalue weighted by Crippen LogP contribution is 2.25. The number of rotatable bonds is 7. The van der Waals surface area contributed by atoms with Crippen LogP contribution in [-0.2, 0) is 4.84 Å². The van der Waals surface area contributed by atoms with Gasteiger partial charge in [0.15, 0.2) is 0 Å². The molecule has 2 N–H and O–H groups in total. The maximum atomic E-state index is 9.60. The number of aryl methyl sites for hydroxylation is 1. The SMILES string of the molecule is CCONCC(O)COc1ccc(C)cc1Br. The molecule has 1 aromatic carbocycles. The van der Waals surface area contributed by atoms with Crippen molar-refractivity contribution >= 4 is 15.9 Å². The lowest BCUT2D eigenvalue weighted by Gasteiger charge is -2.14. The molecule has 4 nitrogen and oxygen atoms in total. The highest BCUT2D eigenvalue weighted by Gasteiger charge is 2.07. The molecule has 1 rings (SSSR count). The van der Waals surface area contributed by atoms with E-state index in [2.05, 4.69) is 21.4 Å². The summed E-state index contributed by atoms with van der Waals surface area (Å²) >= 11 is 3.41. The molecule has 96 valence electrons. The summed E-state index contributed by atoms with van der Waals surface area (Å²) in [5.74, 6) is 0.728. The van der Waals surface area contributed by atoms with Gasteiger partial charge < -0.3 is 14.7 Å². The normalized spacial score (nSPS) is 12.5. The number of hydroxylamine groups is 1. The van der Waals surface area contributed by atoms with Crippen molar-refractivity contribution in [3.63, 3.8) is 0 Å². The standard InChI is InChI=1S/C12H18BrNO3/c1-3-17-14-7-10(15)8-16-12-5-4-9(2)6-11(12)13/h4-6,10,14-15H,3,7-8H2,1-2H3. The van der Waals surface area contributed by atoms with Crippen molar-refractivity contribution in [3.05, 3.63) is 28.2 Å². The molecule has 0 fully saturated rings. The maximum absolute atomic E-state index is 9.60. The Morgan fingerprint density at radius 2 is 2.24 bits per heavy atom. The fourth-order valence-corrected chi connectivity index (χ4v) is 1.83. The van der Waals surface area contributed by atoms with Gasteiger partial charge in [-0.3, -0.25) is 0 Å². The van der Waals surface area contributed by atoms with Crippen LogP contribution < -0.4 is 10.2 Å². The van der Waals surface area contributed by atoms with Crippen LogP contribution >= 0.6 is 15.9 Å². The first-order valence-electron chi connectivity index (χ1n) is 5.55. The highest BCUT2D eigenvalue weighted by atomic mass is 79.9. The van der Waals surface area contributed by atoms with Gasteiger partial charge in [0.25, 0.3) is 0 Å². The maximum Gasteiger partial charge on any atom is 0.133 e. The quantitative estimate of drug-likeness (QED) is 0.598. The first-order valence-corrected chi connectivity index (χ1v) is 6.34. The Labute approximate surface area is 110 Å². The van der Waals surface area contributed by atoms with Crippen molar-refractivity contribution < 1.29 is 14.7 Å². The number of aliphatic hydroxyl groups is 1. The van der Waals surface area contributed by atoms with Crippen LogP contribution in [0.5, 0.6) is 5.75 Å². The second kappa shape index (κ2) is 7.66. The van der Waals surface area contributed by atoms with E-state index >= 15 is 0 Å². The van der Waals surface area contributed by atoms with Gasteiger partial charge >= 0.3 is 0 Å². The molecule has 0 aliphatic carbocycles.